The molecule has 1 aliphatic rings. The summed E-state index contributed by atoms with van der Waals surface area (Å²) in [5.41, 5.74) is 3.28. The molecule has 0 unspecified atom stereocenters. The van der Waals surface area contributed by atoms with E-state index in [2.05, 4.69) is 15.5 Å². The normalized spacial score (nSPS) is 18.8. The maximum atomic E-state index is 14.5. The molecule has 164 valence electrons. The van der Waals surface area contributed by atoms with Crippen molar-refractivity contribution < 1.29 is 9.13 Å². The first kappa shape index (κ1) is 23.2. The van der Waals surface area contributed by atoms with Gasteiger partial charge >= 0.3 is 0 Å². The van der Waals surface area contributed by atoms with Gasteiger partial charge in [-0.3, -0.25) is 4.40 Å². The molecular weight excluding hydrogens is 440 g/mol. The highest BCUT2D eigenvalue weighted by molar-refractivity contribution is 5.86. The van der Waals surface area contributed by atoms with Gasteiger partial charge in [0.25, 0.3) is 0 Å². The Balaban J connectivity index is 0.00000136. The maximum absolute atomic E-state index is 14.5. The number of nitrogens with one attached hydrogen (secondary N) is 1. The average molecular weight is 464 g/mol. The van der Waals surface area contributed by atoms with Gasteiger partial charge in [-0.2, -0.15) is 0 Å². The van der Waals surface area contributed by atoms with E-state index in [-0.39, 0.29) is 24.8 Å². The fourth-order valence-electron chi connectivity index (χ4n) is 3.78. The van der Waals surface area contributed by atoms with E-state index in [1.807, 2.05) is 60.0 Å². The van der Waals surface area contributed by atoms with Gasteiger partial charge in [-0.25, -0.2) is 9.37 Å². The van der Waals surface area contributed by atoms with Crippen molar-refractivity contribution in [3.05, 3.63) is 54.2 Å². The van der Waals surface area contributed by atoms with Gasteiger partial charge in [0, 0.05) is 11.6 Å². The summed E-state index contributed by atoms with van der Waals surface area (Å²) in [6.07, 6.45) is 1.61. The molecule has 0 radical (unpaired) electrons. The van der Waals surface area contributed by atoms with E-state index < -0.39 is 12.3 Å². The molecule has 4 aromatic rings. The zero-order chi connectivity index (χ0) is 19.8. The number of rotatable bonds is 3. The Labute approximate surface area is 192 Å². The Hall–Kier alpha value is -2.48. The van der Waals surface area contributed by atoms with Crippen LogP contribution in [-0.2, 0) is 0 Å². The van der Waals surface area contributed by atoms with Crippen LogP contribution in [0.4, 0.5) is 4.39 Å². The third-order valence-electron chi connectivity index (χ3n) is 5.35. The van der Waals surface area contributed by atoms with Crippen LogP contribution in [0.25, 0.3) is 28.1 Å². The van der Waals surface area contributed by atoms with Crippen LogP contribution < -0.4 is 10.1 Å². The molecule has 0 saturated carbocycles. The van der Waals surface area contributed by atoms with Gasteiger partial charge in [0.05, 0.1) is 0 Å². The highest BCUT2D eigenvalue weighted by atomic mass is 35.5. The van der Waals surface area contributed by atoms with Crippen molar-refractivity contribution in [2.45, 2.75) is 32.0 Å². The van der Waals surface area contributed by atoms with Gasteiger partial charge in [-0.05, 0) is 56.6 Å². The fourth-order valence-corrected chi connectivity index (χ4v) is 3.78. The number of aromatic nitrogens is 4. The maximum Gasteiger partial charge on any atom is 0.187 e. The first-order valence-corrected chi connectivity index (χ1v) is 9.92. The summed E-state index contributed by atoms with van der Waals surface area (Å²) >= 11 is 0. The molecule has 0 aliphatic carbocycles. The van der Waals surface area contributed by atoms with E-state index >= 15 is 0 Å². The molecule has 9 heteroatoms. The van der Waals surface area contributed by atoms with Gasteiger partial charge in [0.1, 0.15) is 29.2 Å². The van der Waals surface area contributed by atoms with Crippen molar-refractivity contribution in [3.8, 4) is 17.3 Å². The highest BCUT2D eigenvalue weighted by Crippen LogP contribution is 2.29. The minimum absolute atomic E-state index is 0. The minimum atomic E-state index is -0.994. The molecule has 1 fully saturated rings. The van der Waals surface area contributed by atoms with E-state index in [0.717, 1.165) is 23.1 Å². The van der Waals surface area contributed by atoms with Crippen LogP contribution in [0.1, 0.15) is 18.4 Å². The Kier molecular flexibility index (Phi) is 7.30. The van der Waals surface area contributed by atoms with Gasteiger partial charge in [0.15, 0.2) is 11.5 Å². The average Bonchev–Trinajstić information content (AvgIpc) is 3.04. The predicted octanol–water partition coefficient (Wildman–Crippen LogP) is 4.57. The summed E-state index contributed by atoms with van der Waals surface area (Å²) in [7, 11) is 0. The van der Waals surface area contributed by atoms with Gasteiger partial charge in [-0.1, -0.05) is 24.3 Å². The number of fused-ring (bicyclic) bond motifs is 2. The number of hydrogen-bond donors (Lipinski definition) is 1. The van der Waals surface area contributed by atoms with Crippen molar-refractivity contribution in [2.75, 3.05) is 13.1 Å². The standard InChI is InChI=1S/C22H22FN5O.2ClH/c1-14-5-8-20-26-27-22(28(20)13-14)17-7-6-15-3-2-4-19(21(15)25-17)29-18-10-12-24-11-9-16(18)23;;/h2-8,13,16,18,24H,9-12H2,1H3;2*1H/t16-,18-;;/m0../s1. The lowest BCUT2D eigenvalue weighted by molar-refractivity contribution is 0.0983. The summed E-state index contributed by atoms with van der Waals surface area (Å²) < 4.78 is 22.6. The number of benzene rings is 1. The third kappa shape index (κ3) is 4.59. The smallest absolute Gasteiger partial charge is 0.187 e. The Morgan fingerprint density at radius 3 is 2.74 bits per heavy atom. The zero-order valence-corrected chi connectivity index (χ0v) is 18.6. The highest BCUT2D eigenvalue weighted by Gasteiger charge is 2.25. The predicted molar refractivity (Wildman–Crippen MR) is 124 cm³/mol. The largest absolute Gasteiger partial charge is 0.485 e. The number of pyridine rings is 2. The number of halogens is 3. The number of nitrogens with zero attached hydrogens (tertiary/aromatic N) is 4. The summed E-state index contributed by atoms with van der Waals surface area (Å²) in [6, 6.07) is 13.6. The van der Waals surface area contributed by atoms with Crippen molar-refractivity contribution in [2.24, 2.45) is 0 Å². The quantitative estimate of drug-likeness (QED) is 0.482. The lowest BCUT2D eigenvalue weighted by Gasteiger charge is -2.21. The summed E-state index contributed by atoms with van der Waals surface area (Å²) in [4.78, 5) is 4.82. The van der Waals surface area contributed by atoms with Crippen LogP contribution >= 0.6 is 24.8 Å². The molecule has 4 heterocycles. The SMILES string of the molecule is Cc1ccc2nnc(-c3ccc4cccc(O[C@H]5CCNCC[C@@H]5F)c4n3)n2c1.Cl.Cl. The first-order valence-electron chi connectivity index (χ1n) is 9.92. The zero-order valence-electron chi connectivity index (χ0n) is 17.0. The van der Waals surface area contributed by atoms with Crippen LogP contribution in [-0.4, -0.2) is 44.9 Å². The lowest BCUT2D eigenvalue weighted by atomic mass is 10.1. The lowest BCUT2D eigenvalue weighted by Crippen LogP contribution is -2.28. The van der Waals surface area contributed by atoms with Crippen molar-refractivity contribution in [1.29, 1.82) is 0 Å². The monoisotopic (exact) mass is 463 g/mol. The number of hydrogen-bond acceptors (Lipinski definition) is 5. The Morgan fingerprint density at radius 1 is 1.03 bits per heavy atom. The molecule has 3 aromatic heterocycles. The molecule has 1 aromatic carbocycles. The summed E-state index contributed by atoms with van der Waals surface area (Å²) in [6.45, 7) is 3.45. The van der Waals surface area contributed by atoms with E-state index in [1.54, 1.807) is 0 Å². The molecule has 1 saturated heterocycles. The molecule has 5 rings (SSSR count). The van der Waals surface area contributed by atoms with E-state index in [4.69, 9.17) is 9.72 Å². The van der Waals surface area contributed by atoms with Crippen LogP contribution in [0, 0.1) is 6.92 Å². The van der Waals surface area contributed by atoms with Crippen molar-refractivity contribution >= 4 is 41.4 Å². The second-order valence-electron chi connectivity index (χ2n) is 7.48. The number of para-hydroxylation sites is 1. The van der Waals surface area contributed by atoms with Crippen LogP contribution in [0.5, 0.6) is 5.75 Å². The second-order valence-corrected chi connectivity index (χ2v) is 7.48. The molecule has 6 nitrogen and oxygen atoms in total. The van der Waals surface area contributed by atoms with E-state index in [1.165, 1.54) is 0 Å². The molecule has 0 spiro atoms. The summed E-state index contributed by atoms with van der Waals surface area (Å²) in [5.74, 6) is 1.27. The Morgan fingerprint density at radius 2 is 1.87 bits per heavy atom. The molecule has 1 N–H and O–H groups in total. The van der Waals surface area contributed by atoms with Gasteiger partial charge in [-0.15, -0.1) is 35.0 Å². The van der Waals surface area contributed by atoms with Crippen molar-refractivity contribution in [3.63, 3.8) is 0 Å². The number of alkyl halides is 1. The number of ether oxygens (including phenoxy) is 1. The first-order chi connectivity index (χ1) is 14.2. The summed E-state index contributed by atoms with van der Waals surface area (Å²) in [5, 5.41) is 12.7. The van der Waals surface area contributed by atoms with Gasteiger partial charge in [0.2, 0.25) is 0 Å². The fraction of sp³-hybridized carbons (Fsp3) is 0.318. The van der Waals surface area contributed by atoms with Crippen molar-refractivity contribution in [1.82, 2.24) is 24.9 Å². The molecule has 0 bridgehead atoms. The van der Waals surface area contributed by atoms with E-state index in [0.29, 0.717) is 42.2 Å². The molecule has 2 atom stereocenters. The van der Waals surface area contributed by atoms with Gasteiger partial charge < -0.3 is 10.1 Å². The second kappa shape index (κ2) is 9.77. The Bertz CT molecular complexity index is 1190. The topological polar surface area (TPSA) is 64.3 Å². The third-order valence-corrected chi connectivity index (χ3v) is 5.35. The molecular formula is C22H24Cl2FN5O. The van der Waals surface area contributed by atoms with Crippen LogP contribution in [0.15, 0.2) is 48.7 Å². The number of aryl methyl sites for hydroxylation is 1. The minimum Gasteiger partial charge on any atom is -0.485 e. The molecule has 1 aliphatic heterocycles. The molecule has 31 heavy (non-hydrogen) atoms. The molecule has 0 amide bonds. The van der Waals surface area contributed by atoms with E-state index in [9.17, 15) is 4.39 Å². The van der Waals surface area contributed by atoms with Crippen LogP contribution in [0.3, 0.4) is 0 Å². The van der Waals surface area contributed by atoms with Crippen LogP contribution in [0.2, 0.25) is 0 Å².